The first-order valence-electron chi connectivity index (χ1n) is 6.86. The number of halogens is 1. The SMILES string of the molecule is CN1c2nccn2-c2ccc(Cl)cc2C1c1ccccc1. The molecule has 3 nitrogen and oxygen atoms in total. The van der Waals surface area contributed by atoms with Crippen LogP contribution in [-0.4, -0.2) is 16.6 Å². The molecular weight excluding hydrogens is 282 g/mol. The number of hydrogen-bond acceptors (Lipinski definition) is 2. The Morgan fingerprint density at radius 3 is 2.71 bits per heavy atom. The van der Waals surface area contributed by atoms with E-state index in [2.05, 4.69) is 51.8 Å². The van der Waals surface area contributed by atoms with Crippen molar-refractivity contribution in [3.63, 3.8) is 0 Å². The van der Waals surface area contributed by atoms with Gasteiger partial charge in [0.2, 0.25) is 5.95 Å². The molecule has 1 aromatic heterocycles. The number of anilines is 1. The summed E-state index contributed by atoms with van der Waals surface area (Å²) in [5.74, 6) is 0.943. The summed E-state index contributed by atoms with van der Waals surface area (Å²) in [4.78, 5) is 6.68. The molecule has 0 amide bonds. The first kappa shape index (κ1) is 12.5. The molecule has 4 rings (SSSR count). The zero-order chi connectivity index (χ0) is 14.4. The largest absolute Gasteiger partial charge is 0.334 e. The highest BCUT2D eigenvalue weighted by molar-refractivity contribution is 6.30. The van der Waals surface area contributed by atoms with Gasteiger partial charge >= 0.3 is 0 Å². The van der Waals surface area contributed by atoms with Gasteiger partial charge in [0, 0.05) is 30.0 Å². The van der Waals surface area contributed by atoms with E-state index in [9.17, 15) is 0 Å². The van der Waals surface area contributed by atoms with Crippen LogP contribution in [0.15, 0.2) is 60.9 Å². The normalized spacial score (nSPS) is 16.5. The summed E-state index contributed by atoms with van der Waals surface area (Å²) in [5.41, 5.74) is 3.57. The van der Waals surface area contributed by atoms with Gasteiger partial charge in [-0.25, -0.2) is 4.98 Å². The minimum absolute atomic E-state index is 0.120. The van der Waals surface area contributed by atoms with E-state index in [4.69, 9.17) is 11.6 Å². The summed E-state index contributed by atoms with van der Waals surface area (Å²) in [5, 5.41) is 0.756. The summed E-state index contributed by atoms with van der Waals surface area (Å²) >= 11 is 6.23. The molecule has 3 aromatic rings. The van der Waals surface area contributed by atoms with Gasteiger partial charge in [0.05, 0.1) is 11.7 Å². The minimum Gasteiger partial charge on any atom is -0.334 e. The molecule has 2 heterocycles. The van der Waals surface area contributed by atoms with E-state index in [1.165, 1.54) is 11.1 Å². The van der Waals surface area contributed by atoms with Crippen LogP contribution >= 0.6 is 11.6 Å². The molecule has 0 saturated heterocycles. The minimum atomic E-state index is 0.120. The smallest absolute Gasteiger partial charge is 0.210 e. The Morgan fingerprint density at radius 1 is 1.10 bits per heavy atom. The van der Waals surface area contributed by atoms with Gasteiger partial charge in [-0.05, 0) is 23.8 Å². The van der Waals surface area contributed by atoms with Crippen molar-refractivity contribution in [3.05, 3.63) is 77.1 Å². The van der Waals surface area contributed by atoms with E-state index in [0.29, 0.717) is 0 Å². The predicted molar refractivity (Wildman–Crippen MR) is 85.3 cm³/mol. The van der Waals surface area contributed by atoms with E-state index in [1.54, 1.807) is 0 Å². The van der Waals surface area contributed by atoms with Crippen LogP contribution in [0.3, 0.4) is 0 Å². The molecule has 1 unspecified atom stereocenters. The van der Waals surface area contributed by atoms with Crippen molar-refractivity contribution in [2.24, 2.45) is 0 Å². The average molecular weight is 296 g/mol. The molecule has 104 valence electrons. The highest BCUT2D eigenvalue weighted by atomic mass is 35.5. The fourth-order valence-electron chi connectivity index (χ4n) is 3.07. The van der Waals surface area contributed by atoms with Crippen molar-refractivity contribution < 1.29 is 0 Å². The van der Waals surface area contributed by atoms with Crippen LogP contribution in [0.1, 0.15) is 17.2 Å². The third kappa shape index (κ3) is 1.85. The van der Waals surface area contributed by atoms with Gasteiger partial charge in [0.25, 0.3) is 0 Å². The van der Waals surface area contributed by atoms with Crippen LogP contribution in [0.5, 0.6) is 0 Å². The second kappa shape index (κ2) is 4.64. The molecule has 0 bridgehead atoms. The maximum atomic E-state index is 6.23. The maximum Gasteiger partial charge on any atom is 0.210 e. The quantitative estimate of drug-likeness (QED) is 0.675. The predicted octanol–water partition coefficient (Wildman–Crippen LogP) is 4.06. The average Bonchev–Trinajstić information content (AvgIpc) is 2.98. The van der Waals surface area contributed by atoms with Gasteiger partial charge in [0.15, 0.2) is 0 Å². The van der Waals surface area contributed by atoms with Gasteiger partial charge in [-0.3, -0.25) is 4.57 Å². The van der Waals surface area contributed by atoms with Crippen LogP contribution in [-0.2, 0) is 0 Å². The number of benzene rings is 2. The van der Waals surface area contributed by atoms with Crippen molar-refractivity contribution >= 4 is 17.5 Å². The Bertz CT molecular complexity index is 795. The lowest BCUT2D eigenvalue weighted by Gasteiger charge is -2.36. The fraction of sp³-hybridized carbons (Fsp3) is 0.118. The van der Waals surface area contributed by atoms with Gasteiger partial charge in [-0.1, -0.05) is 41.9 Å². The molecule has 0 aliphatic carbocycles. The number of fused-ring (bicyclic) bond motifs is 3. The molecule has 21 heavy (non-hydrogen) atoms. The lowest BCUT2D eigenvalue weighted by Crippen LogP contribution is -2.32. The standard InChI is InChI=1S/C17H14ClN3/c1-20-16(12-5-3-2-4-6-12)14-11-13(18)7-8-15(14)21-10-9-19-17(20)21/h2-11,16H,1H3. The van der Waals surface area contributed by atoms with Crippen molar-refractivity contribution in [2.75, 3.05) is 11.9 Å². The van der Waals surface area contributed by atoms with Gasteiger partial charge in [-0.2, -0.15) is 0 Å². The third-order valence-corrected chi connectivity index (χ3v) is 4.22. The second-order valence-corrected chi connectivity index (χ2v) is 5.66. The Balaban J connectivity index is 1.99. The van der Waals surface area contributed by atoms with Crippen molar-refractivity contribution in [3.8, 4) is 5.69 Å². The topological polar surface area (TPSA) is 21.1 Å². The number of aromatic nitrogens is 2. The number of nitrogens with zero attached hydrogens (tertiary/aromatic N) is 3. The first-order valence-corrected chi connectivity index (χ1v) is 7.24. The van der Waals surface area contributed by atoms with Crippen molar-refractivity contribution in [1.82, 2.24) is 9.55 Å². The van der Waals surface area contributed by atoms with E-state index in [1.807, 2.05) is 30.6 Å². The molecular formula is C17H14ClN3. The number of rotatable bonds is 1. The monoisotopic (exact) mass is 295 g/mol. The molecule has 1 aliphatic heterocycles. The summed E-state index contributed by atoms with van der Waals surface area (Å²) < 4.78 is 2.10. The van der Waals surface area contributed by atoms with E-state index < -0.39 is 0 Å². The Hall–Kier alpha value is -2.26. The van der Waals surface area contributed by atoms with Gasteiger partial charge < -0.3 is 4.90 Å². The molecule has 0 radical (unpaired) electrons. The Morgan fingerprint density at radius 2 is 1.90 bits per heavy atom. The maximum absolute atomic E-state index is 6.23. The van der Waals surface area contributed by atoms with Crippen molar-refractivity contribution in [2.45, 2.75) is 6.04 Å². The molecule has 0 saturated carbocycles. The van der Waals surface area contributed by atoms with Gasteiger partial charge in [0.1, 0.15) is 0 Å². The highest BCUT2D eigenvalue weighted by Gasteiger charge is 2.30. The summed E-state index contributed by atoms with van der Waals surface area (Å²) in [6.45, 7) is 0. The molecule has 2 aromatic carbocycles. The summed E-state index contributed by atoms with van der Waals surface area (Å²) in [6.07, 6.45) is 3.82. The molecule has 0 N–H and O–H groups in total. The summed E-state index contributed by atoms with van der Waals surface area (Å²) in [7, 11) is 2.07. The molecule has 4 heteroatoms. The highest BCUT2D eigenvalue weighted by Crippen LogP contribution is 2.40. The fourth-order valence-corrected chi connectivity index (χ4v) is 3.25. The molecule has 0 spiro atoms. The third-order valence-electron chi connectivity index (χ3n) is 3.98. The van der Waals surface area contributed by atoms with E-state index in [0.717, 1.165) is 16.7 Å². The number of hydrogen-bond donors (Lipinski definition) is 0. The van der Waals surface area contributed by atoms with Gasteiger partial charge in [-0.15, -0.1) is 0 Å². The van der Waals surface area contributed by atoms with Crippen LogP contribution in [0.4, 0.5) is 5.95 Å². The lowest BCUT2D eigenvalue weighted by molar-refractivity contribution is 0.709. The Kier molecular flexibility index (Phi) is 2.76. The van der Waals surface area contributed by atoms with E-state index >= 15 is 0 Å². The first-order chi connectivity index (χ1) is 10.3. The molecule has 1 aliphatic rings. The number of imidazole rings is 1. The summed E-state index contributed by atoms with van der Waals surface area (Å²) in [6, 6.07) is 16.6. The van der Waals surface area contributed by atoms with Crippen LogP contribution in [0, 0.1) is 0 Å². The van der Waals surface area contributed by atoms with Crippen LogP contribution in [0.25, 0.3) is 5.69 Å². The van der Waals surface area contributed by atoms with E-state index in [-0.39, 0.29) is 6.04 Å². The molecule has 1 atom stereocenters. The van der Waals surface area contributed by atoms with Crippen molar-refractivity contribution in [1.29, 1.82) is 0 Å². The van der Waals surface area contributed by atoms with Crippen LogP contribution in [0.2, 0.25) is 5.02 Å². The van der Waals surface area contributed by atoms with Crippen LogP contribution < -0.4 is 4.90 Å². The zero-order valence-corrected chi connectivity index (χ0v) is 12.3. The zero-order valence-electron chi connectivity index (χ0n) is 11.6. The Labute approximate surface area is 128 Å². The molecule has 0 fully saturated rings. The second-order valence-electron chi connectivity index (χ2n) is 5.22. The lowest BCUT2D eigenvalue weighted by atomic mass is 9.94.